The van der Waals surface area contributed by atoms with Crippen LogP contribution in [0.2, 0.25) is 0 Å². The molecule has 0 aromatic heterocycles. The maximum Gasteiger partial charge on any atom is 0.349 e. The summed E-state index contributed by atoms with van der Waals surface area (Å²) in [4.78, 5) is 11.0. The standard InChI is InChI=1S/C8H15N2OS/c1-2-3-4-7-12-10-6-5-9-8(10)11/h2-7H2,1H3. The van der Waals surface area contributed by atoms with Crippen LogP contribution in [0.25, 0.3) is 0 Å². The topological polar surface area (TPSA) is 34.4 Å². The van der Waals surface area contributed by atoms with Gasteiger partial charge in [0.05, 0.1) is 13.1 Å². The molecule has 1 heterocycles. The van der Waals surface area contributed by atoms with Gasteiger partial charge in [0.25, 0.3) is 0 Å². The van der Waals surface area contributed by atoms with Crippen molar-refractivity contribution in [3.63, 3.8) is 0 Å². The average molecular weight is 187 g/mol. The Morgan fingerprint density at radius 3 is 3.00 bits per heavy atom. The summed E-state index contributed by atoms with van der Waals surface area (Å²) in [5, 5.41) is 3.78. The summed E-state index contributed by atoms with van der Waals surface area (Å²) < 4.78 is 1.76. The highest BCUT2D eigenvalue weighted by Crippen LogP contribution is 2.15. The second-order valence-corrected chi connectivity index (χ2v) is 3.91. The normalized spacial score (nSPS) is 16.8. The van der Waals surface area contributed by atoms with Crippen molar-refractivity contribution in [1.82, 2.24) is 9.62 Å². The van der Waals surface area contributed by atoms with Crippen LogP contribution >= 0.6 is 11.9 Å². The Morgan fingerprint density at radius 2 is 2.42 bits per heavy atom. The Hall–Kier alpha value is -0.380. The van der Waals surface area contributed by atoms with Crippen molar-refractivity contribution in [1.29, 1.82) is 0 Å². The number of carbonyl (C=O) groups is 1. The molecule has 12 heavy (non-hydrogen) atoms. The minimum atomic E-state index is -0.0449. The van der Waals surface area contributed by atoms with Gasteiger partial charge in [0.1, 0.15) is 0 Å². The van der Waals surface area contributed by atoms with Crippen molar-refractivity contribution in [2.75, 3.05) is 18.8 Å². The Balaban J connectivity index is 2.02. The number of carbonyl (C=O) groups excluding carboxylic acids is 1. The van der Waals surface area contributed by atoms with Crippen molar-refractivity contribution in [3.05, 3.63) is 0 Å². The summed E-state index contributed by atoms with van der Waals surface area (Å²) in [5.74, 6) is 1.05. The molecule has 0 aromatic rings. The van der Waals surface area contributed by atoms with Crippen LogP contribution in [0.1, 0.15) is 26.2 Å². The van der Waals surface area contributed by atoms with Gasteiger partial charge in [0.15, 0.2) is 0 Å². The lowest BCUT2D eigenvalue weighted by molar-refractivity contribution is 0.237. The Labute approximate surface area is 78.0 Å². The van der Waals surface area contributed by atoms with Crippen molar-refractivity contribution < 1.29 is 4.79 Å². The van der Waals surface area contributed by atoms with E-state index in [0.717, 1.165) is 12.3 Å². The average Bonchev–Trinajstić information content (AvgIpc) is 2.46. The van der Waals surface area contributed by atoms with Crippen LogP contribution in [0.3, 0.4) is 0 Å². The molecule has 1 radical (unpaired) electrons. The molecule has 0 spiro atoms. The molecule has 0 unspecified atom stereocenters. The lowest BCUT2D eigenvalue weighted by Crippen LogP contribution is -2.18. The van der Waals surface area contributed by atoms with Gasteiger partial charge in [-0.1, -0.05) is 19.8 Å². The highest BCUT2D eigenvalue weighted by Gasteiger charge is 2.21. The summed E-state index contributed by atoms with van der Waals surface area (Å²) in [6.45, 7) is 3.66. The zero-order valence-corrected chi connectivity index (χ0v) is 8.27. The van der Waals surface area contributed by atoms with Crippen LogP contribution in [0.4, 0.5) is 4.79 Å². The smallest absolute Gasteiger partial charge is 0.265 e. The third kappa shape index (κ3) is 2.93. The molecule has 0 atom stereocenters. The highest BCUT2D eigenvalue weighted by molar-refractivity contribution is 7.97. The van der Waals surface area contributed by atoms with E-state index in [1.54, 1.807) is 16.3 Å². The SMILES string of the molecule is CCCCCSN1CC[N]C1=O. The molecule has 1 aliphatic heterocycles. The van der Waals surface area contributed by atoms with E-state index >= 15 is 0 Å². The Kier molecular flexibility index (Phi) is 4.29. The van der Waals surface area contributed by atoms with E-state index in [1.807, 2.05) is 0 Å². The number of rotatable bonds is 5. The number of amides is 2. The largest absolute Gasteiger partial charge is 0.349 e. The summed E-state index contributed by atoms with van der Waals surface area (Å²) in [7, 11) is 0. The van der Waals surface area contributed by atoms with Gasteiger partial charge < -0.3 is 0 Å². The number of nitrogens with zero attached hydrogens (tertiary/aromatic N) is 2. The fraction of sp³-hybridized carbons (Fsp3) is 0.875. The van der Waals surface area contributed by atoms with Crippen molar-refractivity contribution in [2.45, 2.75) is 26.2 Å². The zero-order chi connectivity index (χ0) is 8.81. The zero-order valence-electron chi connectivity index (χ0n) is 7.45. The Morgan fingerprint density at radius 1 is 1.58 bits per heavy atom. The van der Waals surface area contributed by atoms with E-state index in [4.69, 9.17) is 0 Å². The lowest BCUT2D eigenvalue weighted by Gasteiger charge is -2.10. The van der Waals surface area contributed by atoms with Crippen LogP contribution in [0.5, 0.6) is 0 Å². The second kappa shape index (κ2) is 5.30. The molecule has 1 fully saturated rings. The molecule has 0 saturated carbocycles. The van der Waals surface area contributed by atoms with E-state index in [0.29, 0.717) is 6.54 Å². The van der Waals surface area contributed by atoms with E-state index < -0.39 is 0 Å². The van der Waals surface area contributed by atoms with E-state index in [1.165, 1.54) is 19.3 Å². The molecular weight excluding hydrogens is 172 g/mol. The number of unbranched alkanes of at least 4 members (excludes halogenated alkanes) is 2. The summed E-state index contributed by atoms with van der Waals surface area (Å²) in [5.41, 5.74) is 0. The van der Waals surface area contributed by atoms with Crippen LogP contribution < -0.4 is 5.32 Å². The fourth-order valence-corrected chi connectivity index (χ4v) is 1.99. The van der Waals surface area contributed by atoms with Crippen LogP contribution in [-0.4, -0.2) is 29.2 Å². The maximum absolute atomic E-state index is 11.0. The van der Waals surface area contributed by atoms with Crippen molar-refractivity contribution >= 4 is 18.0 Å². The molecule has 4 heteroatoms. The first kappa shape index (κ1) is 9.71. The molecule has 1 aliphatic rings. The third-order valence-corrected chi connectivity index (χ3v) is 2.88. The predicted octanol–water partition coefficient (Wildman–Crippen LogP) is 1.86. The maximum atomic E-state index is 11.0. The quantitative estimate of drug-likeness (QED) is 0.486. The van der Waals surface area contributed by atoms with Crippen molar-refractivity contribution in [3.8, 4) is 0 Å². The van der Waals surface area contributed by atoms with Crippen molar-refractivity contribution in [2.24, 2.45) is 0 Å². The Bertz CT molecular complexity index is 152. The molecule has 3 nitrogen and oxygen atoms in total. The van der Waals surface area contributed by atoms with Gasteiger partial charge in [0.2, 0.25) is 0 Å². The van der Waals surface area contributed by atoms with Gasteiger partial charge in [-0.05, 0) is 18.4 Å². The summed E-state index contributed by atoms with van der Waals surface area (Å²) in [6, 6.07) is -0.0449. The second-order valence-electron chi connectivity index (χ2n) is 2.81. The molecule has 69 valence electrons. The van der Waals surface area contributed by atoms with Gasteiger partial charge in [-0.2, -0.15) is 0 Å². The molecule has 0 bridgehead atoms. The monoisotopic (exact) mass is 187 g/mol. The first-order chi connectivity index (χ1) is 5.84. The lowest BCUT2D eigenvalue weighted by atomic mass is 10.3. The van der Waals surface area contributed by atoms with Gasteiger partial charge in [-0.15, -0.1) is 0 Å². The van der Waals surface area contributed by atoms with E-state index in [-0.39, 0.29) is 6.03 Å². The summed E-state index contributed by atoms with van der Waals surface area (Å²) in [6.07, 6.45) is 3.69. The minimum Gasteiger partial charge on any atom is -0.265 e. The van der Waals surface area contributed by atoms with E-state index in [2.05, 4.69) is 12.2 Å². The van der Waals surface area contributed by atoms with Crippen LogP contribution in [-0.2, 0) is 0 Å². The summed E-state index contributed by atoms with van der Waals surface area (Å²) >= 11 is 1.62. The highest BCUT2D eigenvalue weighted by atomic mass is 32.2. The number of hydrogen-bond donors (Lipinski definition) is 0. The van der Waals surface area contributed by atoms with Crippen LogP contribution in [0.15, 0.2) is 0 Å². The molecule has 0 aromatic carbocycles. The molecule has 0 aliphatic carbocycles. The first-order valence-corrected chi connectivity index (χ1v) is 5.40. The molecule has 1 saturated heterocycles. The van der Waals surface area contributed by atoms with Crippen LogP contribution in [0, 0.1) is 0 Å². The van der Waals surface area contributed by atoms with Gasteiger partial charge in [-0.3, -0.25) is 4.31 Å². The molecule has 1 rings (SSSR count). The molecular formula is C8H15N2OS. The first-order valence-electron chi connectivity index (χ1n) is 4.46. The molecule has 0 N–H and O–H groups in total. The van der Waals surface area contributed by atoms with Gasteiger partial charge in [-0.25, -0.2) is 10.1 Å². The minimum absolute atomic E-state index is 0.0449. The number of hydrogen-bond acceptors (Lipinski definition) is 2. The third-order valence-electron chi connectivity index (χ3n) is 1.76. The predicted molar refractivity (Wildman–Crippen MR) is 51.1 cm³/mol. The number of urea groups is 1. The molecule has 2 amide bonds. The van der Waals surface area contributed by atoms with Gasteiger partial charge in [0, 0.05) is 5.75 Å². The fourth-order valence-electron chi connectivity index (χ4n) is 1.06. The van der Waals surface area contributed by atoms with Gasteiger partial charge >= 0.3 is 6.03 Å². The van der Waals surface area contributed by atoms with E-state index in [9.17, 15) is 4.79 Å².